The summed E-state index contributed by atoms with van der Waals surface area (Å²) in [5, 5.41) is 11.1. The normalized spacial score (nSPS) is 14.7. The van der Waals surface area contributed by atoms with Crippen LogP contribution in [0.25, 0.3) is 0 Å². The van der Waals surface area contributed by atoms with E-state index in [1.165, 1.54) is 12.1 Å². The van der Waals surface area contributed by atoms with E-state index in [1.807, 2.05) is 72.5 Å². The molecule has 0 aromatic heterocycles. The van der Waals surface area contributed by atoms with Crippen molar-refractivity contribution in [2.45, 2.75) is 61.8 Å². The SMILES string of the molecule is CCCCC(C(O)C(F)S(=O)(=O)c1ccccc1)N(Cc1ccccc1)Cc1ccccc1. The van der Waals surface area contributed by atoms with Gasteiger partial charge in [0.2, 0.25) is 15.3 Å². The highest BCUT2D eigenvalue weighted by Crippen LogP contribution is 2.27. The molecule has 3 aromatic rings. The number of aliphatic hydroxyl groups excluding tert-OH is 1. The monoisotopic (exact) mass is 469 g/mol. The van der Waals surface area contributed by atoms with Gasteiger partial charge in [-0.05, 0) is 29.7 Å². The molecule has 1 N–H and O–H groups in total. The van der Waals surface area contributed by atoms with E-state index >= 15 is 4.39 Å². The lowest BCUT2D eigenvalue weighted by atomic mass is 10.0. The molecule has 0 amide bonds. The van der Waals surface area contributed by atoms with E-state index in [9.17, 15) is 13.5 Å². The second-order valence-corrected chi connectivity index (χ2v) is 10.3. The molecule has 6 heteroatoms. The van der Waals surface area contributed by atoms with Gasteiger partial charge >= 0.3 is 0 Å². The van der Waals surface area contributed by atoms with E-state index in [1.54, 1.807) is 18.2 Å². The summed E-state index contributed by atoms with van der Waals surface area (Å²) in [6.07, 6.45) is 0.409. The number of rotatable bonds is 12. The first-order valence-corrected chi connectivity index (χ1v) is 12.9. The maximum atomic E-state index is 15.5. The van der Waals surface area contributed by atoms with Crippen LogP contribution < -0.4 is 0 Å². The summed E-state index contributed by atoms with van der Waals surface area (Å²) >= 11 is 0. The zero-order valence-corrected chi connectivity index (χ0v) is 19.7. The first-order valence-electron chi connectivity index (χ1n) is 11.4. The quantitative estimate of drug-likeness (QED) is 0.387. The fraction of sp³-hybridized carbons (Fsp3) is 0.333. The highest BCUT2D eigenvalue weighted by Gasteiger charge is 2.40. The second kappa shape index (κ2) is 12.1. The van der Waals surface area contributed by atoms with Gasteiger partial charge in [0.15, 0.2) is 0 Å². The average molecular weight is 470 g/mol. The van der Waals surface area contributed by atoms with Crippen molar-refractivity contribution in [3.8, 4) is 0 Å². The van der Waals surface area contributed by atoms with E-state index in [2.05, 4.69) is 0 Å². The van der Waals surface area contributed by atoms with E-state index in [0.29, 0.717) is 19.5 Å². The molecule has 3 rings (SSSR count). The average Bonchev–Trinajstić information content (AvgIpc) is 2.85. The molecule has 0 spiro atoms. The lowest BCUT2D eigenvalue weighted by Gasteiger charge is -2.36. The number of benzene rings is 3. The number of sulfone groups is 1. The Kier molecular flexibility index (Phi) is 9.18. The third-order valence-electron chi connectivity index (χ3n) is 5.81. The van der Waals surface area contributed by atoms with Crippen LogP contribution in [0, 0.1) is 0 Å². The van der Waals surface area contributed by atoms with Crippen LogP contribution in [-0.2, 0) is 22.9 Å². The maximum absolute atomic E-state index is 15.5. The summed E-state index contributed by atoms with van der Waals surface area (Å²) in [4.78, 5) is 1.88. The highest BCUT2D eigenvalue weighted by molar-refractivity contribution is 7.92. The minimum Gasteiger partial charge on any atom is -0.387 e. The van der Waals surface area contributed by atoms with Crippen molar-refractivity contribution in [1.82, 2.24) is 4.90 Å². The molecule has 0 radical (unpaired) electrons. The molecular formula is C27H32FNO3S. The topological polar surface area (TPSA) is 57.6 Å². The molecule has 176 valence electrons. The molecule has 4 nitrogen and oxygen atoms in total. The number of unbranched alkanes of at least 4 members (excludes halogenated alkanes) is 1. The fourth-order valence-corrected chi connectivity index (χ4v) is 5.35. The van der Waals surface area contributed by atoms with Crippen LogP contribution in [0.15, 0.2) is 95.9 Å². The van der Waals surface area contributed by atoms with Crippen LogP contribution in [0.4, 0.5) is 4.39 Å². The van der Waals surface area contributed by atoms with Gasteiger partial charge in [0.05, 0.1) is 4.90 Å². The number of hydrogen-bond acceptors (Lipinski definition) is 4. The smallest absolute Gasteiger partial charge is 0.232 e. The first-order chi connectivity index (χ1) is 15.9. The summed E-state index contributed by atoms with van der Waals surface area (Å²) in [6.45, 7) is 2.97. The van der Waals surface area contributed by atoms with E-state index < -0.39 is 27.5 Å². The van der Waals surface area contributed by atoms with Gasteiger partial charge in [-0.3, -0.25) is 4.90 Å². The highest BCUT2D eigenvalue weighted by atomic mass is 32.2. The number of halogens is 1. The van der Waals surface area contributed by atoms with Crippen molar-refractivity contribution in [2.75, 3.05) is 0 Å². The van der Waals surface area contributed by atoms with Gasteiger partial charge in [0, 0.05) is 19.1 Å². The summed E-state index contributed by atoms with van der Waals surface area (Å²) in [7, 11) is -4.33. The predicted octanol–water partition coefficient (Wildman–Crippen LogP) is 5.38. The Hall–Kier alpha value is -2.54. The van der Waals surface area contributed by atoms with Crippen molar-refractivity contribution >= 4 is 9.84 Å². The first kappa shape index (κ1) is 25.1. The third-order valence-corrected chi connectivity index (χ3v) is 7.61. The number of aliphatic hydroxyl groups is 1. The molecule has 0 fully saturated rings. The minimum atomic E-state index is -4.33. The number of alkyl halides is 1. The number of hydrogen-bond donors (Lipinski definition) is 1. The Morgan fingerprint density at radius 1 is 0.818 bits per heavy atom. The molecule has 0 bridgehead atoms. The van der Waals surface area contributed by atoms with Crippen LogP contribution in [0.2, 0.25) is 0 Å². The van der Waals surface area contributed by atoms with Crippen molar-refractivity contribution in [2.24, 2.45) is 0 Å². The lowest BCUT2D eigenvalue weighted by molar-refractivity contribution is 0.00716. The minimum absolute atomic E-state index is 0.122. The van der Waals surface area contributed by atoms with Gasteiger partial charge in [-0.2, -0.15) is 0 Å². The maximum Gasteiger partial charge on any atom is 0.232 e. The molecule has 0 saturated heterocycles. The van der Waals surface area contributed by atoms with Crippen molar-refractivity contribution in [3.63, 3.8) is 0 Å². The fourth-order valence-electron chi connectivity index (χ4n) is 4.01. The van der Waals surface area contributed by atoms with Gasteiger partial charge in [-0.1, -0.05) is 98.6 Å². The summed E-state index contributed by atoms with van der Waals surface area (Å²) in [5.41, 5.74) is -0.386. The molecule has 0 aliphatic heterocycles. The van der Waals surface area contributed by atoms with Crippen LogP contribution in [-0.4, -0.2) is 36.1 Å². The van der Waals surface area contributed by atoms with E-state index in [0.717, 1.165) is 24.0 Å². The molecule has 33 heavy (non-hydrogen) atoms. The molecule has 0 aliphatic rings. The zero-order valence-electron chi connectivity index (χ0n) is 18.9. The second-order valence-electron chi connectivity index (χ2n) is 8.29. The van der Waals surface area contributed by atoms with Gasteiger partial charge in [-0.25, -0.2) is 12.8 Å². The van der Waals surface area contributed by atoms with Crippen molar-refractivity contribution in [1.29, 1.82) is 0 Å². The lowest BCUT2D eigenvalue weighted by Crippen LogP contribution is -2.49. The summed E-state index contributed by atoms with van der Waals surface area (Å²) in [6, 6.07) is 26.4. The van der Waals surface area contributed by atoms with Gasteiger partial charge in [0.25, 0.3) is 0 Å². The Bertz CT molecular complexity index is 1020. The Labute approximate surface area is 196 Å². The van der Waals surface area contributed by atoms with Crippen molar-refractivity contribution < 1.29 is 17.9 Å². The van der Waals surface area contributed by atoms with Gasteiger partial charge in [0.1, 0.15) is 6.10 Å². The van der Waals surface area contributed by atoms with Crippen LogP contribution >= 0.6 is 0 Å². The zero-order chi connectivity index (χ0) is 23.7. The van der Waals surface area contributed by atoms with Crippen LogP contribution in [0.5, 0.6) is 0 Å². The van der Waals surface area contributed by atoms with Crippen LogP contribution in [0.3, 0.4) is 0 Å². The van der Waals surface area contributed by atoms with Crippen LogP contribution in [0.1, 0.15) is 37.3 Å². The van der Waals surface area contributed by atoms with E-state index in [-0.39, 0.29) is 4.90 Å². The Morgan fingerprint density at radius 2 is 1.27 bits per heavy atom. The summed E-state index contributed by atoms with van der Waals surface area (Å²) < 4.78 is 41.4. The van der Waals surface area contributed by atoms with E-state index in [4.69, 9.17) is 0 Å². The molecule has 3 atom stereocenters. The van der Waals surface area contributed by atoms with Crippen molar-refractivity contribution in [3.05, 3.63) is 102 Å². The predicted molar refractivity (Wildman–Crippen MR) is 130 cm³/mol. The Morgan fingerprint density at radius 3 is 1.73 bits per heavy atom. The molecule has 3 aromatic carbocycles. The largest absolute Gasteiger partial charge is 0.387 e. The van der Waals surface area contributed by atoms with Gasteiger partial charge < -0.3 is 5.11 Å². The van der Waals surface area contributed by atoms with Gasteiger partial charge in [-0.15, -0.1) is 0 Å². The molecular weight excluding hydrogens is 437 g/mol. The third kappa shape index (κ3) is 6.73. The molecule has 0 aliphatic carbocycles. The summed E-state index contributed by atoms with van der Waals surface area (Å²) in [5.74, 6) is 0. The standard InChI is InChI=1S/C27H32FNO3S/c1-2-3-19-25(26(30)27(28)33(31,32)24-17-11-6-12-18-24)29(20-22-13-7-4-8-14-22)21-23-15-9-5-10-16-23/h4-18,25-27,30H,2-3,19-21H2,1H3. The molecule has 3 unspecified atom stereocenters. The molecule has 0 saturated carbocycles. The number of nitrogens with zero attached hydrogens (tertiary/aromatic N) is 1. The Balaban J connectivity index is 1.93. The molecule has 0 heterocycles.